The smallest absolute Gasteiger partial charge is 0.303 e. The number of benzene rings is 1. The van der Waals surface area contributed by atoms with E-state index in [0.717, 1.165) is 5.56 Å². The summed E-state index contributed by atoms with van der Waals surface area (Å²) in [5.41, 5.74) is 1.41. The second-order valence-electron chi connectivity index (χ2n) is 7.56. The predicted octanol–water partition coefficient (Wildman–Crippen LogP) is 2.78. The first-order valence-electron chi connectivity index (χ1n) is 10.7. The van der Waals surface area contributed by atoms with Gasteiger partial charge in [0.2, 0.25) is 0 Å². The van der Waals surface area contributed by atoms with Crippen LogP contribution in [0.15, 0.2) is 18.2 Å². The van der Waals surface area contributed by atoms with Gasteiger partial charge in [0.25, 0.3) is 0 Å². The number of ether oxygens (including phenoxy) is 6. The van der Waals surface area contributed by atoms with Crippen LogP contribution >= 0.6 is 15.9 Å². The van der Waals surface area contributed by atoms with Crippen molar-refractivity contribution >= 4 is 39.8 Å². The van der Waals surface area contributed by atoms with E-state index < -0.39 is 54.4 Å². The molecule has 0 radical (unpaired) electrons. The molecule has 1 aliphatic rings. The molecule has 5 atom stereocenters. The van der Waals surface area contributed by atoms with Crippen LogP contribution in [0.2, 0.25) is 0 Å². The molecule has 188 valence electrons. The standard InChI is InChI=1S/C23H29BrO10/c1-6-29-18-8-7-16(10-24)9-17(18)20-22(32-14(4)27)23(33-15(5)28)21(31-13(3)26)19(34-20)11-30-12(2)25/h7-9,19-23H,6,10-11H2,1-5H3/t19-,20+,21-,22+,23+/m1/s1. The van der Waals surface area contributed by atoms with Crippen molar-refractivity contribution in [3.8, 4) is 5.75 Å². The van der Waals surface area contributed by atoms with Crippen LogP contribution in [0.4, 0.5) is 0 Å². The number of carbonyl (C=O) groups excluding carboxylic acids is 4. The maximum atomic E-state index is 12.0. The van der Waals surface area contributed by atoms with E-state index in [0.29, 0.717) is 23.2 Å². The summed E-state index contributed by atoms with van der Waals surface area (Å²) in [6.45, 7) is 6.65. The van der Waals surface area contributed by atoms with Crippen LogP contribution in [0.25, 0.3) is 0 Å². The van der Waals surface area contributed by atoms with E-state index in [9.17, 15) is 19.2 Å². The molecule has 0 amide bonds. The lowest BCUT2D eigenvalue weighted by Gasteiger charge is -2.44. The zero-order chi connectivity index (χ0) is 25.4. The molecule has 1 fully saturated rings. The lowest BCUT2D eigenvalue weighted by atomic mass is 9.89. The highest BCUT2D eigenvalue weighted by Crippen LogP contribution is 2.41. The second-order valence-corrected chi connectivity index (χ2v) is 8.12. The zero-order valence-corrected chi connectivity index (χ0v) is 21.3. The average Bonchev–Trinajstić information content (AvgIpc) is 2.75. The van der Waals surface area contributed by atoms with Crippen LogP contribution in [0, 0.1) is 0 Å². The first kappa shape index (κ1) is 27.6. The SMILES string of the molecule is CCOc1ccc(CBr)cc1[C@@H]1O[C@H](COC(C)=O)[C@@H](OC(C)=O)[C@H](OC(C)=O)[C@H]1OC(C)=O. The van der Waals surface area contributed by atoms with Crippen molar-refractivity contribution in [3.05, 3.63) is 29.3 Å². The number of carbonyl (C=O) groups is 4. The molecule has 2 rings (SSSR count). The normalized spacial score (nSPS) is 24.0. The van der Waals surface area contributed by atoms with E-state index in [1.165, 1.54) is 27.7 Å². The van der Waals surface area contributed by atoms with Gasteiger partial charge >= 0.3 is 23.9 Å². The van der Waals surface area contributed by atoms with E-state index in [4.69, 9.17) is 28.4 Å². The Morgan fingerprint density at radius 3 is 2.00 bits per heavy atom. The minimum Gasteiger partial charge on any atom is -0.493 e. The summed E-state index contributed by atoms with van der Waals surface area (Å²) < 4.78 is 33.6. The van der Waals surface area contributed by atoms with Gasteiger partial charge in [-0.05, 0) is 24.6 Å². The van der Waals surface area contributed by atoms with Crippen molar-refractivity contribution in [1.82, 2.24) is 0 Å². The average molecular weight is 545 g/mol. The topological polar surface area (TPSA) is 124 Å². The molecule has 0 spiro atoms. The Bertz CT molecular complexity index is 902. The van der Waals surface area contributed by atoms with E-state index in [-0.39, 0.29) is 6.61 Å². The Kier molecular flexibility index (Phi) is 10.3. The van der Waals surface area contributed by atoms with E-state index in [1.54, 1.807) is 12.1 Å². The van der Waals surface area contributed by atoms with Crippen molar-refractivity contribution in [2.75, 3.05) is 13.2 Å². The van der Waals surface area contributed by atoms with Crippen LogP contribution in [0.1, 0.15) is 51.8 Å². The van der Waals surface area contributed by atoms with E-state index >= 15 is 0 Å². The van der Waals surface area contributed by atoms with Crippen LogP contribution in [-0.2, 0) is 48.2 Å². The minimum absolute atomic E-state index is 0.295. The lowest BCUT2D eigenvalue weighted by molar-refractivity contribution is -0.254. The molecule has 0 aromatic heterocycles. The number of hydrogen-bond donors (Lipinski definition) is 0. The maximum Gasteiger partial charge on any atom is 0.303 e. The molecule has 34 heavy (non-hydrogen) atoms. The fraction of sp³-hybridized carbons (Fsp3) is 0.565. The van der Waals surface area contributed by atoms with Gasteiger partial charge in [-0.3, -0.25) is 19.2 Å². The van der Waals surface area contributed by atoms with Crippen molar-refractivity contribution in [3.63, 3.8) is 0 Å². The minimum atomic E-state index is -1.24. The lowest BCUT2D eigenvalue weighted by Crippen LogP contribution is -2.59. The van der Waals surface area contributed by atoms with Gasteiger partial charge in [0, 0.05) is 38.6 Å². The monoisotopic (exact) mass is 544 g/mol. The summed E-state index contributed by atoms with van der Waals surface area (Å²) in [5.74, 6) is -2.15. The van der Waals surface area contributed by atoms with Crippen molar-refractivity contribution in [1.29, 1.82) is 0 Å². The summed E-state index contributed by atoms with van der Waals surface area (Å²) in [7, 11) is 0. The predicted molar refractivity (Wildman–Crippen MR) is 121 cm³/mol. The Morgan fingerprint density at radius 1 is 0.882 bits per heavy atom. The molecule has 1 aromatic rings. The van der Waals surface area contributed by atoms with Gasteiger partial charge in [0.15, 0.2) is 18.3 Å². The Labute approximate surface area is 206 Å². The first-order chi connectivity index (χ1) is 16.1. The van der Waals surface area contributed by atoms with E-state index in [2.05, 4.69) is 15.9 Å². The molecule has 1 aliphatic heterocycles. The number of hydrogen-bond acceptors (Lipinski definition) is 10. The quantitative estimate of drug-likeness (QED) is 0.260. The summed E-state index contributed by atoms with van der Waals surface area (Å²) in [4.78, 5) is 47.4. The molecule has 1 aromatic carbocycles. The summed E-state index contributed by atoms with van der Waals surface area (Å²) in [6, 6.07) is 5.42. The molecule has 11 heteroatoms. The molecule has 0 unspecified atom stereocenters. The van der Waals surface area contributed by atoms with Gasteiger partial charge in [-0.15, -0.1) is 0 Å². The molecule has 10 nitrogen and oxygen atoms in total. The van der Waals surface area contributed by atoms with Crippen LogP contribution in [0.5, 0.6) is 5.75 Å². The number of esters is 4. The third-order valence-corrected chi connectivity index (χ3v) is 5.47. The zero-order valence-electron chi connectivity index (χ0n) is 19.7. The van der Waals surface area contributed by atoms with Crippen molar-refractivity contribution in [2.45, 2.75) is 70.5 Å². The largest absolute Gasteiger partial charge is 0.493 e. The van der Waals surface area contributed by atoms with Crippen LogP contribution < -0.4 is 4.74 Å². The van der Waals surface area contributed by atoms with E-state index in [1.807, 2.05) is 13.0 Å². The fourth-order valence-electron chi connectivity index (χ4n) is 3.67. The Balaban J connectivity index is 2.66. The highest BCUT2D eigenvalue weighted by molar-refractivity contribution is 9.08. The Hall–Kier alpha value is -2.66. The summed E-state index contributed by atoms with van der Waals surface area (Å²) in [6.07, 6.45) is -5.68. The summed E-state index contributed by atoms with van der Waals surface area (Å²) in [5, 5.41) is 0.525. The third kappa shape index (κ3) is 7.42. The molecule has 0 aliphatic carbocycles. The second kappa shape index (κ2) is 12.7. The molecule has 1 heterocycles. The van der Waals surface area contributed by atoms with Gasteiger partial charge in [-0.1, -0.05) is 22.0 Å². The maximum absolute atomic E-state index is 12.0. The Morgan fingerprint density at radius 2 is 1.47 bits per heavy atom. The number of halogens is 1. The third-order valence-electron chi connectivity index (χ3n) is 4.83. The highest BCUT2D eigenvalue weighted by atomic mass is 79.9. The summed E-state index contributed by atoms with van der Waals surface area (Å²) >= 11 is 3.42. The molecule has 0 saturated carbocycles. The van der Waals surface area contributed by atoms with Gasteiger partial charge in [0.1, 0.15) is 24.6 Å². The van der Waals surface area contributed by atoms with Crippen LogP contribution in [0.3, 0.4) is 0 Å². The number of rotatable bonds is 9. The first-order valence-corrected chi connectivity index (χ1v) is 11.8. The van der Waals surface area contributed by atoms with Crippen molar-refractivity contribution < 1.29 is 47.6 Å². The van der Waals surface area contributed by atoms with Crippen LogP contribution in [-0.4, -0.2) is 61.5 Å². The number of alkyl halides is 1. The molecule has 1 saturated heterocycles. The highest BCUT2D eigenvalue weighted by Gasteiger charge is 2.53. The fourth-order valence-corrected chi connectivity index (χ4v) is 4.02. The molecule has 0 N–H and O–H groups in total. The molecular formula is C23H29BrO10. The molecule has 0 bridgehead atoms. The van der Waals surface area contributed by atoms with Gasteiger partial charge in [0.05, 0.1) is 6.61 Å². The van der Waals surface area contributed by atoms with Gasteiger partial charge in [-0.25, -0.2) is 0 Å². The van der Waals surface area contributed by atoms with Gasteiger partial charge < -0.3 is 28.4 Å². The van der Waals surface area contributed by atoms with Crippen molar-refractivity contribution in [2.24, 2.45) is 0 Å². The van der Waals surface area contributed by atoms with Gasteiger partial charge in [-0.2, -0.15) is 0 Å². The molecular weight excluding hydrogens is 516 g/mol.